The summed E-state index contributed by atoms with van der Waals surface area (Å²) in [6, 6.07) is 2.29. The van der Waals surface area contributed by atoms with Crippen molar-refractivity contribution in [2.75, 3.05) is 12.3 Å². The second-order valence-corrected chi connectivity index (χ2v) is 8.69. The highest BCUT2D eigenvalue weighted by atomic mass is 79.9. The summed E-state index contributed by atoms with van der Waals surface area (Å²) in [5, 5.41) is 5.17. The molecule has 0 spiro atoms. The number of hydrogen-bond donors (Lipinski definition) is 1. The summed E-state index contributed by atoms with van der Waals surface area (Å²) in [6.07, 6.45) is 1.61. The van der Waals surface area contributed by atoms with Crippen molar-refractivity contribution in [3.8, 4) is 0 Å². The number of rotatable bonds is 4. The average molecular weight is 338 g/mol. The van der Waals surface area contributed by atoms with Gasteiger partial charge in [0.25, 0.3) is 0 Å². The van der Waals surface area contributed by atoms with Crippen LogP contribution in [0.25, 0.3) is 0 Å². The summed E-state index contributed by atoms with van der Waals surface area (Å²) in [5.74, 6) is 0.359. The first-order valence-corrected chi connectivity index (χ1v) is 9.07. The predicted octanol–water partition coefficient (Wildman–Crippen LogP) is 2.74. The van der Waals surface area contributed by atoms with Crippen LogP contribution < -0.4 is 5.32 Å². The zero-order chi connectivity index (χ0) is 12.5. The van der Waals surface area contributed by atoms with Crippen molar-refractivity contribution in [1.29, 1.82) is 0 Å². The van der Waals surface area contributed by atoms with Crippen molar-refractivity contribution in [2.45, 2.75) is 31.1 Å². The van der Waals surface area contributed by atoms with Crippen LogP contribution in [-0.4, -0.2) is 26.0 Å². The van der Waals surface area contributed by atoms with E-state index in [1.807, 2.05) is 5.38 Å². The van der Waals surface area contributed by atoms with Gasteiger partial charge < -0.3 is 5.32 Å². The Hall–Kier alpha value is 0.0900. The number of nitrogens with one attached hydrogen (secondary N) is 1. The van der Waals surface area contributed by atoms with Gasteiger partial charge in [-0.15, -0.1) is 11.3 Å². The van der Waals surface area contributed by atoms with E-state index in [9.17, 15) is 8.42 Å². The molecule has 0 aromatic carbocycles. The van der Waals surface area contributed by atoms with Gasteiger partial charge in [0.15, 0.2) is 9.84 Å². The van der Waals surface area contributed by atoms with E-state index in [-0.39, 0.29) is 11.3 Å². The first kappa shape index (κ1) is 13.5. The van der Waals surface area contributed by atoms with Crippen LogP contribution in [0.2, 0.25) is 0 Å². The molecule has 2 atom stereocenters. The topological polar surface area (TPSA) is 46.2 Å². The third-order valence-corrected chi connectivity index (χ3v) is 7.28. The van der Waals surface area contributed by atoms with E-state index in [1.54, 1.807) is 11.3 Å². The highest BCUT2D eigenvalue weighted by molar-refractivity contribution is 9.10. The number of hydrogen-bond acceptors (Lipinski definition) is 4. The van der Waals surface area contributed by atoms with E-state index in [0.29, 0.717) is 12.3 Å². The highest BCUT2D eigenvalue weighted by Crippen LogP contribution is 2.26. The van der Waals surface area contributed by atoms with Crippen LogP contribution in [0.1, 0.15) is 30.7 Å². The maximum atomic E-state index is 11.7. The molecule has 17 heavy (non-hydrogen) atoms. The van der Waals surface area contributed by atoms with Gasteiger partial charge in [0.05, 0.1) is 11.0 Å². The maximum Gasteiger partial charge on any atom is 0.154 e. The predicted molar refractivity (Wildman–Crippen MR) is 75.2 cm³/mol. The van der Waals surface area contributed by atoms with Crippen LogP contribution >= 0.6 is 27.3 Å². The fourth-order valence-corrected chi connectivity index (χ4v) is 5.31. The van der Waals surface area contributed by atoms with Crippen LogP contribution in [0.4, 0.5) is 0 Å². The van der Waals surface area contributed by atoms with Gasteiger partial charge in [-0.2, -0.15) is 0 Å². The molecule has 6 heteroatoms. The molecule has 0 radical (unpaired) electrons. The molecule has 96 valence electrons. The Morgan fingerprint density at radius 1 is 1.65 bits per heavy atom. The number of halogens is 1. The summed E-state index contributed by atoms with van der Waals surface area (Å²) in [5.41, 5.74) is 0. The van der Waals surface area contributed by atoms with Gasteiger partial charge in [0, 0.05) is 27.3 Å². The Kier molecular flexibility index (Phi) is 4.28. The van der Waals surface area contributed by atoms with Crippen molar-refractivity contribution >= 4 is 37.1 Å². The van der Waals surface area contributed by atoms with Gasteiger partial charge in [-0.05, 0) is 41.8 Å². The third kappa shape index (κ3) is 3.30. The van der Waals surface area contributed by atoms with Gasteiger partial charge in [-0.1, -0.05) is 0 Å². The molecule has 1 aromatic rings. The number of sulfone groups is 1. The molecule has 1 N–H and O–H groups in total. The van der Waals surface area contributed by atoms with Gasteiger partial charge in [0.1, 0.15) is 0 Å². The smallest absolute Gasteiger partial charge is 0.154 e. The minimum Gasteiger partial charge on any atom is -0.308 e. The number of thiophene rings is 1. The SMILES string of the molecule is CC(NCC1CCCS1(=O)=O)c1cc(Br)cs1. The fourth-order valence-electron chi connectivity index (χ4n) is 2.05. The average Bonchev–Trinajstić information content (AvgIpc) is 2.81. The monoisotopic (exact) mass is 337 g/mol. The van der Waals surface area contributed by atoms with Crippen LogP contribution in [0, 0.1) is 0 Å². The Morgan fingerprint density at radius 3 is 2.94 bits per heavy atom. The van der Waals surface area contributed by atoms with Crippen LogP contribution in [-0.2, 0) is 9.84 Å². The minimum absolute atomic E-state index is 0.187. The summed E-state index contributed by atoms with van der Waals surface area (Å²) < 4.78 is 24.4. The molecule has 0 bridgehead atoms. The van der Waals surface area contributed by atoms with Crippen molar-refractivity contribution < 1.29 is 8.42 Å². The quantitative estimate of drug-likeness (QED) is 0.918. The maximum absolute atomic E-state index is 11.7. The fraction of sp³-hybridized carbons (Fsp3) is 0.636. The summed E-state index contributed by atoms with van der Waals surface area (Å²) in [6.45, 7) is 2.64. The molecule has 2 unspecified atom stereocenters. The van der Waals surface area contributed by atoms with Crippen molar-refractivity contribution in [2.24, 2.45) is 0 Å². The largest absolute Gasteiger partial charge is 0.308 e. The summed E-state index contributed by atoms with van der Waals surface area (Å²) in [7, 11) is -2.83. The van der Waals surface area contributed by atoms with Gasteiger partial charge in [-0.25, -0.2) is 8.42 Å². The molecule has 1 saturated heterocycles. The standard InChI is InChI=1S/C11H16BrNO2S2/c1-8(11-5-9(12)7-16-11)13-6-10-3-2-4-17(10,14)15/h5,7-8,10,13H,2-4,6H2,1H3. The van der Waals surface area contributed by atoms with E-state index in [2.05, 4.69) is 34.2 Å². The second-order valence-electron chi connectivity index (χ2n) is 4.43. The van der Waals surface area contributed by atoms with E-state index < -0.39 is 9.84 Å². The van der Waals surface area contributed by atoms with E-state index in [0.717, 1.165) is 17.3 Å². The molecule has 0 saturated carbocycles. The lowest BCUT2D eigenvalue weighted by Crippen LogP contribution is -2.31. The lowest BCUT2D eigenvalue weighted by atomic mass is 10.2. The molecule has 0 aliphatic carbocycles. The highest BCUT2D eigenvalue weighted by Gasteiger charge is 2.31. The second kappa shape index (κ2) is 5.38. The Morgan fingerprint density at radius 2 is 2.41 bits per heavy atom. The van der Waals surface area contributed by atoms with Crippen LogP contribution in [0.3, 0.4) is 0 Å². The van der Waals surface area contributed by atoms with E-state index in [4.69, 9.17) is 0 Å². The van der Waals surface area contributed by atoms with Crippen molar-refractivity contribution in [3.63, 3.8) is 0 Å². The van der Waals surface area contributed by atoms with E-state index in [1.165, 1.54) is 4.88 Å². The molecular weight excluding hydrogens is 322 g/mol. The normalized spacial score (nSPS) is 24.9. The van der Waals surface area contributed by atoms with Gasteiger partial charge in [0.2, 0.25) is 0 Å². The molecule has 1 aromatic heterocycles. The van der Waals surface area contributed by atoms with Gasteiger partial charge >= 0.3 is 0 Å². The summed E-state index contributed by atoms with van der Waals surface area (Å²) >= 11 is 5.10. The van der Waals surface area contributed by atoms with Crippen molar-refractivity contribution in [3.05, 3.63) is 20.8 Å². The molecule has 1 aliphatic rings. The molecule has 1 fully saturated rings. The first-order chi connectivity index (χ1) is 7.99. The molecule has 3 nitrogen and oxygen atoms in total. The van der Waals surface area contributed by atoms with Crippen molar-refractivity contribution in [1.82, 2.24) is 5.32 Å². The molecular formula is C11H16BrNO2S2. The first-order valence-electron chi connectivity index (χ1n) is 5.68. The lowest BCUT2D eigenvalue weighted by molar-refractivity contribution is 0.542. The Bertz CT molecular complexity index is 483. The van der Waals surface area contributed by atoms with E-state index >= 15 is 0 Å². The zero-order valence-electron chi connectivity index (χ0n) is 9.65. The molecule has 2 rings (SSSR count). The molecule has 1 aliphatic heterocycles. The Balaban J connectivity index is 1.90. The summed E-state index contributed by atoms with van der Waals surface area (Å²) in [4.78, 5) is 1.23. The molecule has 0 amide bonds. The third-order valence-electron chi connectivity index (χ3n) is 3.13. The zero-order valence-corrected chi connectivity index (χ0v) is 12.9. The Labute approximate surface area is 115 Å². The molecule has 2 heterocycles. The van der Waals surface area contributed by atoms with Crippen LogP contribution in [0.15, 0.2) is 15.9 Å². The lowest BCUT2D eigenvalue weighted by Gasteiger charge is -2.15. The minimum atomic E-state index is -2.83. The van der Waals surface area contributed by atoms with Crippen LogP contribution in [0.5, 0.6) is 0 Å². The van der Waals surface area contributed by atoms with Gasteiger partial charge in [-0.3, -0.25) is 0 Å².